The van der Waals surface area contributed by atoms with Crippen LogP contribution in [0.2, 0.25) is 0 Å². The van der Waals surface area contributed by atoms with Crippen LogP contribution in [-0.2, 0) is 13.8 Å². The zero-order valence-corrected chi connectivity index (χ0v) is 9.33. The van der Waals surface area contributed by atoms with Crippen LogP contribution in [0, 0.1) is 0 Å². The van der Waals surface area contributed by atoms with Gasteiger partial charge in [0.2, 0.25) is 9.05 Å². The van der Waals surface area contributed by atoms with Crippen molar-refractivity contribution >= 4 is 19.7 Å². The molecule has 0 radical (unpaired) electrons. The maximum Gasteiger partial charge on any atom is 0.238 e. The van der Waals surface area contributed by atoms with Gasteiger partial charge in [-0.15, -0.1) is 0 Å². The highest BCUT2D eigenvalue weighted by atomic mass is 35.7. The van der Waals surface area contributed by atoms with Crippen LogP contribution in [0.15, 0.2) is 0 Å². The third kappa shape index (κ3) is 2.82. The highest BCUT2D eigenvalue weighted by Crippen LogP contribution is 2.49. The van der Waals surface area contributed by atoms with Crippen molar-refractivity contribution in [3.05, 3.63) is 0 Å². The summed E-state index contributed by atoms with van der Waals surface area (Å²) in [5.74, 6) is 0. The number of ether oxygens (including phenoxy) is 1. The molecule has 0 atom stereocenters. The Labute approximate surface area is 83.8 Å². The minimum Gasteiger partial charge on any atom is -0.385 e. The molecular weight excluding hydrogens is 212 g/mol. The van der Waals surface area contributed by atoms with E-state index < -0.39 is 13.8 Å². The number of halogens is 1. The van der Waals surface area contributed by atoms with Crippen LogP contribution in [0.1, 0.15) is 32.1 Å². The Hall–Kier alpha value is 0.200. The average molecular weight is 227 g/mol. The van der Waals surface area contributed by atoms with Crippen LogP contribution in [0.4, 0.5) is 0 Å². The van der Waals surface area contributed by atoms with Crippen molar-refractivity contribution < 1.29 is 13.2 Å². The molecule has 0 heterocycles. The molecule has 0 aromatic rings. The van der Waals surface area contributed by atoms with Crippen molar-refractivity contribution in [1.82, 2.24) is 0 Å². The first-order chi connectivity index (χ1) is 6.02. The van der Waals surface area contributed by atoms with E-state index in [4.69, 9.17) is 15.4 Å². The summed E-state index contributed by atoms with van der Waals surface area (Å²) in [7, 11) is 3.64. The van der Waals surface area contributed by atoms with Gasteiger partial charge in [-0.2, -0.15) is 0 Å². The molecule has 3 nitrogen and oxygen atoms in total. The molecule has 78 valence electrons. The molecule has 13 heavy (non-hydrogen) atoms. The van der Waals surface area contributed by atoms with Gasteiger partial charge in [0, 0.05) is 24.4 Å². The van der Waals surface area contributed by atoms with E-state index >= 15 is 0 Å². The topological polar surface area (TPSA) is 43.4 Å². The Bertz CT molecular complexity index is 257. The summed E-state index contributed by atoms with van der Waals surface area (Å²) >= 11 is 0. The van der Waals surface area contributed by atoms with Gasteiger partial charge >= 0.3 is 0 Å². The maximum absolute atomic E-state index is 11.1. The third-order valence-corrected chi connectivity index (χ3v) is 5.18. The second kappa shape index (κ2) is 4.15. The van der Waals surface area contributed by atoms with Crippen molar-refractivity contribution in [2.75, 3.05) is 13.7 Å². The number of methoxy groups -OCH3 is 1. The number of unbranched alkanes of at least 4 members (excludes halogenated alkanes) is 1. The van der Waals surface area contributed by atoms with E-state index in [9.17, 15) is 8.42 Å². The molecule has 1 saturated carbocycles. The predicted molar refractivity (Wildman–Crippen MR) is 52.5 cm³/mol. The average Bonchev–Trinajstić information content (AvgIpc) is 2.77. The van der Waals surface area contributed by atoms with Crippen LogP contribution >= 0.6 is 10.7 Å². The first-order valence-electron chi connectivity index (χ1n) is 4.45. The Kier molecular flexibility index (Phi) is 3.60. The first kappa shape index (κ1) is 11.3. The van der Waals surface area contributed by atoms with Gasteiger partial charge in [-0.3, -0.25) is 0 Å². The molecule has 1 rings (SSSR count). The van der Waals surface area contributed by atoms with Gasteiger partial charge in [-0.05, 0) is 32.1 Å². The Morgan fingerprint density at radius 2 is 2.00 bits per heavy atom. The molecule has 1 fully saturated rings. The molecule has 0 bridgehead atoms. The smallest absolute Gasteiger partial charge is 0.238 e. The number of hydrogen-bond donors (Lipinski definition) is 0. The molecule has 5 heteroatoms. The summed E-state index contributed by atoms with van der Waals surface area (Å²) in [5.41, 5.74) is 0. The monoisotopic (exact) mass is 226 g/mol. The molecule has 0 aliphatic heterocycles. The molecule has 0 aromatic carbocycles. The molecule has 1 aliphatic rings. The maximum atomic E-state index is 11.1. The molecule has 0 saturated heterocycles. The molecule has 0 aromatic heterocycles. The third-order valence-electron chi connectivity index (χ3n) is 2.56. The second-order valence-corrected chi connectivity index (χ2v) is 6.53. The highest BCUT2D eigenvalue weighted by molar-refractivity contribution is 8.15. The molecule has 1 aliphatic carbocycles. The molecule has 0 spiro atoms. The summed E-state index contributed by atoms with van der Waals surface area (Å²) in [6.45, 7) is 0.693. The zero-order valence-electron chi connectivity index (χ0n) is 7.75. The quantitative estimate of drug-likeness (QED) is 0.513. The van der Waals surface area contributed by atoms with E-state index in [0.29, 0.717) is 13.0 Å². The highest BCUT2D eigenvalue weighted by Gasteiger charge is 2.52. The summed E-state index contributed by atoms with van der Waals surface area (Å²) < 4.78 is 26.5. The predicted octanol–water partition coefficient (Wildman–Crippen LogP) is 1.90. The summed E-state index contributed by atoms with van der Waals surface area (Å²) in [4.78, 5) is 0. The van der Waals surface area contributed by atoms with Crippen LogP contribution in [0.5, 0.6) is 0 Å². The van der Waals surface area contributed by atoms with E-state index in [-0.39, 0.29) is 0 Å². The minimum absolute atomic E-state index is 0.581. The lowest BCUT2D eigenvalue weighted by Gasteiger charge is -2.09. The normalized spacial score (nSPS) is 20.2. The summed E-state index contributed by atoms with van der Waals surface area (Å²) in [6, 6.07) is 0. The standard InChI is InChI=1S/C8H15ClO3S/c1-12-7-3-2-4-8(5-6-8)13(9,10)11/h2-7H2,1H3. The Morgan fingerprint density at radius 1 is 1.38 bits per heavy atom. The Morgan fingerprint density at radius 3 is 2.38 bits per heavy atom. The number of rotatable bonds is 6. The van der Waals surface area contributed by atoms with E-state index in [2.05, 4.69) is 0 Å². The van der Waals surface area contributed by atoms with E-state index in [1.54, 1.807) is 7.11 Å². The zero-order chi connectivity index (χ0) is 9.95. The fourth-order valence-electron chi connectivity index (χ4n) is 1.45. The van der Waals surface area contributed by atoms with Gasteiger partial charge in [-0.25, -0.2) is 8.42 Å². The first-order valence-corrected chi connectivity index (χ1v) is 6.76. The van der Waals surface area contributed by atoms with Crippen molar-refractivity contribution in [1.29, 1.82) is 0 Å². The van der Waals surface area contributed by atoms with Crippen LogP contribution < -0.4 is 0 Å². The van der Waals surface area contributed by atoms with E-state index in [0.717, 1.165) is 25.7 Å². The SMILES string of the molecule is COCCCCC1(S(=O)(=O)Cl)CC1. The largest absolute Gasteiger partial charge is 0.385 e. The molecule has 0 amide bonds. The molecule has 0 unspecified atom stereocenters. The van der Waals surface area contributed by atoms with E-state index in [1.165, 1.54) is 0 Å². The van der Waals surface area contributed by atoms with Gasteiger partial charge < -0.3 is 4.74 Å². The molecule has 0 N–H and O–H groups in total. The van der Waals surface area contributed by atoms with Crippen LogP contribution in [-0.4, -0.2) is 26.9 Å². The lowest BCUT2D eigenvalue weighted by Crippen LogP contribution is -2.17. The van der Waals surface area contributed by atoms with Crippen LogP contribution in [0.25, 0.3) is 0 Å². The van der Waals surface area contributed by atoms with Crippen molar-refractivity contribution in [3.63, 3.8) is 0 Å². The lowest BCUT2D eigenvalue weighted by molar-refractivity contribution is 0.192. The summed E-state index contributed by atoms with van der Waals surface area (Å²) in [5, 5.41) is 0. The van der Waals surface area contributed by atoms with Crippen molar-refractivity contribution in [2.24, 2.45) is 0 Å². The fraction of sp³-hybridized carbons (Fsp3) is 1.00. The van der Waals surface area contributed by atoms with Gasteiger partial charge in [0.15, 0.2) is 0 Å². The van der Waals surface area contributed by atoms with Gasteiger partial charge in [0.1, 0.15) is 0 Å². The van der Waals surface area contributed by atoms with Gasteiger partial charge in [0.25, 0.3) is 0 Å². The second-order valence-electron chi connectivity index (χ2n) is 3.57. The summed E-state index contributed by atoms with van der Waals surface area (Å²) in [6.07, 6.45) is 3.92. The van der Waals surface area contributed by atoms with Gasteiger partial charge in [0.05, 0.1) is 4.75 Å². The fourth-order valence-corrected chi connectivity index (χ4v) is 3.12. The number of hydrogen-bond acceptors (Lipinski definition) is 3. The van der Waals surface area contributed by atoms with Crippen LogP contribution in [0.3, 0.4) is 0 Å². The molecular formula is C8H15ClO3S. The lowest BCUT2D eigenvalue weighted by atomic mass is 10.2. The minimum atomic E-state index is -3.35. The van der Waals surface area contributed by atoms with E-state index in [1.807, 2.05) is 0 Å². The van der Waals surface area contributed by atoms with Gasteiger partial charge in [-0.1, -0.05) is 0 Å². The van der Waals surface area contributed by atoms with Crippen molar-refractivity contribution in [3.8, 4) is 0 Å². The Balaban J connectivity index is 2.29. The van der Waals surface area contributed by atoms with Crippen molar-refractivity contribution in [2.45, 2.75) is 36.9 Å².